The lowest BCUT2D eigenvalue weighted by atomic mass is 10.1. The van der Waals surface area contributed by atoms with Crippen LogP contribution < -0.4 is 69.4 Å². The molecule has 1 aromatic heterocycles. The number of primary sulfonamides is 5. The summed E-state index contributed by atoms with van der Waals surface area (Å²) in [4.78, 5) is 61.6. The molecule has 0 amide bonds. The van der Waals surface area contributed by atoms with Crippen LogP contribution in [-0.4, -0.2) is 155 Å². The highest BCUT2D eigenvalue weighted by atomic mass is 32.2. The molecule has 0 atom stereocenters. The third kappa shape index (κ3) is 30.6. The van der Waals surface area contributed by atoms with Crippen LogP contribution in [0.25, 0.3) is 5.69 Å². The molecule has 2 saturated heterocycles. The number of nitrogens with one attached hydrogen (secondary N) is 1. The van der Waals surface area contributed by atoms with E-state index in [1.807, 2.05) is 32.9 Å². The topological polar surface area (TPSA) is 569 Å². The minimum atomic E-state index is -4.25. The number of sulfonamides is 5. The summed E-state index contributed by atoms with van der Waals surface area (Å²) >= 11 is 0. The highest BCUT2D eigenvalue weighted by Gasteiger charge is 2.33. The number of ether oxygens (including phenoxy) is 6. The summed E-state index contributed by atoms with van der Waals surface area (Å²) in [5.41, 5.74) is 1.33. The first-order chi connectivity index (χ1) is 65.2. The zero-order chi connectivity index (χ0) is 99.2. The molecule has 2 aliphatic heterocycles. The number of nitrogens with zero attached hydrogens (tertiary/aromatic N) is 4. The van der Waals surface area contributed by atoms with Crippen molar-refractivity contribution in [1.29, 1.82) is 0 Å². The largest absolute Gasteiger partial charge is 0.478 e. The van der Waals surface area contributed by atoms with E-state index in [2.05, 4.69) is 19.2 Å². The molecule has 16 N–H and O–H groups in total. The van der Waals surface area contributed by atoms with Crippen LogP contribution in [0.2, 0.25) is 0 Å². The van der Waals surface area contributed by atoms with Crippen LogP contribution in [0.5, 0.6) is 57.5 Å². The molecule has 0 unspecified atom stereocenters. The van der Waals surface area contributed by atoms with Crippen LogP contribution in [-0.2, 0) is 54.9 Å². The Balaban J connectivity index is 0.000000177. The molecule has 41 heteroatoms. The molecule has 724 valence electrons. The Bertz CT molecular complexity index is 6610. The van der Waals surface area contributed by atoms with Crippen molar-refractivity contribution >= 4 is 108 Å². The van der Waals surface area contributed by atoms with Crippen molar-refractivity contribution in [3.05, 3.63) is 295 Å². The quantitative estimate of drug-likeness (QED) is 0.0162. The monoisotopic (exact) mass is 1970 g/mol. The summed E-state index contributed by atoms with van der Waals surface area (Å²) in [6.07, 6.45) is 14.6. The van der Waals surface area contributed by atoms with E-state index in [9.17, 15) is 91.6 Å². The summed E-state index contributed by atoms with van der Waals surface area (Å²) < 4.78 is 158. The third-order valence-electron chi connectivity index (χ3n) is 20.7. The van der Waals surface area contributed by atoms with Gasteiger partial charge in [-0.05, 0) is 178 Å². The van der Waals surface area contributed by atoms with Crippen molar-refractivity contribution in [2.75, 3.05) is 72.5 Å². The van der Waals surface area contributed by atoms with E-state index in [0.717, 1.165) is 101 Å². The van der Waals surface area contributed by atoms with Crippen LogP contribution in [0.1, 0.15) is 136 Å². The molecule has 0 aliphatic carbocycles. The lowest BCUT2D eigenvalue weighted by Crippen LogP contribution is -2.36. The van der Waals surface area contributed by atoms with Crippen molar-refractivity contribution in [2.45, 2.75) is 109 Å². The molecule has 14 rings (SSSR count). The second-order valence-electron chi connectivity index (χ2n) is 30.8. The number of aromatic carboxylic acids is 5. The lowest BCUT2D eigenvalue weighted by molar-refractivity contribution is 0.0685. The molecule has 12 aromatic rings. The first-order valence-electron chi connectivity index (χ1n) is 42.8. The van der Waals surface area contributed by atoms with Gasteiger partial charge in [-0.25, -0.2) is 91.8 Å². The van der Waals surface area contributed by atoms with E-state index in [-0.39, 0.29) is 82.6 Å². The Labute approximate surface area is 793 Å². The van der Waals surface area contributed by atoms with E-state index in [1.54, 1.807) is 193 Å². The van der Waals surface area contributed by atoms with Gasteiger partial charge in [-0.1, -0.05) is 162 Å². The van der Waals surface area contributed by atoms with E-state index < -0.39 is 89.8 Å². The predicted molar refractivity (Wildman–Crippen MR) is 515 cm³/mol. The average molecular weight is 1970 g/mol. The van der Waals surface area contributed by atoms with E-state index in [4.69, 9.17) is 54.1 Å². The van der Waals surface area contributed by atoms with Crippen molar-refractivity contribution in [1.82, 2.24) is 4.57 Å². The Morgan fingerprint density at radius 3 is 0.956 bits per heavy atom. The molecule has 0 saturated carbocycles. The maximum absolute atomic E-state index is 12.5. The Morgan fingerprint density at radius 1 is 0.336 bits per heavy atom. The predicted octanol–water partition coefficient (Wildman–Crippen LogP) is 16.5. The average Bonchev–Trinajstić information content (AvgIpc) is 1.75. The SMILES string of the molecule is CCCCCCN(CCCCCC)c1cc(C(=O)O)cc(S(N)(=O)=O)c1Oc1ccccc1.NS(=O)(=O)c1cc(C(=O)O)cc(-n2cccc2)c1Oc1ccccc1.NS(=O)(=O)c1cc(C(=O)O)cc(N2CCCCC2)c1Oc1ccccc1.NS(=O)(=O)c1cc(C(=O)O)cc(N2CCOCC2)c1Oc1ccccc1.NS(=O)(=O)c1cc(C(=O)O)cc(Nc2ccccc2)c1Oc1ccccc1. The molecule has 2 fully saturated rings. The van der Waals surface area contributed by atoms with Gasteiger partial charge in [0.2, 0.25) is 50.1 Å². The van der Waals surface area contributed by atoms with Crippen molar-refractivity contribution in [3.8, 4) is 63.2 Å². The fraction of sp³-hybridized carbons (Fsp3) is 0.219. The highest BCUT2D eigenvalue weighted by molar-refractivity contribution is 7.90. The number of hydrogen-bond donors (Lipinski definition) is 11. The second kappa shape index (κ2) is 48.8. The third-order valence-corrected chi connectivity index (χ3v) is 25.2. The number of morpholine rings is 1. The highest BCUT2D eigenvalue weighted by Crippen LogP contribution is 2.46. The number of benzene rings is 11. The number of aromatic nitrogens is 1. The molecule has 0 spiro atoms. The van der Waals surface area contributed by atoms with Gasteiger partial charge in [-0.15, -0.1) is 0 Å². The summed E-state index contributed by atoms with van der Waals surface area (Å²) in [5, 5.41) is 76.8. The second-order valence-corrected chi connectivity index (χ2v) is 38.5. The van der Waals surface area contributed by atoms with Gasteiger partial charge in [0.15, 0.2) is 28.7 Å². The lowest BCUT2D eigenvalue weighted by Gasteiger charge is -2.31. The molecule has 11 aromatic carbocycles. The Kier molecular flexibility index (Phi) is 37.3. The normalized spacial score (nSPS) is 12.6. The van der Waals surface area contributed by atoms with Crippen LogP contribution in [0.15, 0.2) is 292 Å². The smallest absolute Gasteiger partial charge is 0.335 e. The van der Waals surface area contributed by atoms with Gasteiger partial charge in [0, 0.05) is 57.3 Å². The van der Waals surface area contributed by atoms with Gasteiger partial charge in [0.05, 0.1) is 69.5 Å². The number of carboxylic acids is 5. The number of para-hydroxylation sites is 6. The number of piperidine rings is 1. The standard InChI is InChI=1S/C25H36N2O5S.C19H16N2O5S.C18H20N2O5S.C17H18N2O6S.C17H14N2O5S/c1-3-5-7-12-16-27(17-13-8-6-4-2)22-18-20(25(28)29)19-23(33(26,30)31)24(22)32-21-14-10-9-11-15-21;20-27(24,25)17-12-13(19(22)23)11-16(21-14-7-3-1-4-8-14)18(17)26-15-9-5-2-6-10-15;19-26(23,24)16-12-13(18(21)22)11-15(20-9-5-2-6-10-20)17(16)25-14-7-3-1-4-8-14;18-26(22,23)15-11-12(17(20)21)10-14(19-6-8-24-9-7-19)16(15)25-13-4-2-1-3-5-13;18-25(22,23)15-11-12(17(20)21)10-14(19-8-4-5-9-19)16(15)24-13-6-2-1-3-7-13/h9-11,14-15,18-19H,3-8,12-13,16-17H2,1-2H3,(H,28,29)(H2,26,30,31);1-12,21H,(H,22,23)(H2,20,24,25);1,3-4,7-8,11-12H,2,5-6,9-10H2,(H,21,22)(H2,19,23,24);1-5,10-11H,6-9H2,(H,20,21)(H2,18,22,23);1-11H,(H,20,21)(H2,18,22,23). The zero-order valence-corrected chi connectivity index (χ0v) is 78.4. The molecule has 36 nitrogen and oxygen atoms in total. The number of unbranched alkanes of at least 4 members (excludes halogenated alkanes) is 6. The van der Waals surface area contributed by atoms with Gasteiger partial charge in [-0.2, -0.15) is 0 Å². The number of carboxylic acid groups (broad SMARTS) is 5. The molecule has 3 heterocycles. The van der Waals surface area contributed by atoms with Crippen LogP contribution in [0.3, 0.4) is 0 Å². The van der Waals surface area contributed by atoms with Crippen molar-refractivity contribution in [2.24, 2.45) is 25.7 Å². The van der Waals surface area contributed by atoms with E-state index in [1.165, 1.54) is 30.3 Å². The number of nitrogens with two attached hydrogens (primary N) is 5. The van der Waals surface area contributed by atoms with E-state index >= 15 is 0 Å². The minimum absolute atomic E-state index is 0.00519. The van der Waals surface area contributed by atoms with Gasteiger partial charge >= 0.3 is 29.8 Å². The zero-order valence-electron chi connectivity index (χ0n) is 74.4. The fourth-order valence-electron chi connectivity index (χ4n) is 14.1. The molecule has 0 radical (unpaired) electrons. The summed E-state index contributed by atoms with van der Waals surface area (Å²) in [6.45, 7) is 8.83. The van der Waals surface area contributed by atoms with Crippen LogP contribution in [0, 0.1) is 0 Å². The molecule has 0 bridgehead atoms. The molecule has 2 aliphatic rings. The minimum Gasteiger partial charge on any atom is -0.478 e. The maximum atomic E-state index is 12.5. The summed E-state index contributed by atoms with van der Waals surface area (Å²) in [5.74, 6) is -4.18. The van der Waals surface area contributed by atoms with Crippen molar-refractivity contribution < 1.29 is 120 Å². The number of anilines is 5. The molecule has 137 heavy (non-hydrogen) atoms. The van der Waals surface area contributed by atoms with Crippen LogP contribution >= 0.6 is 0 Å². The van der Waals surface area contributed by atoms with Gasteiger partial charge in [0.1, 0.15) is 53.2 Å². The molecular weight excluding hydrogens is 1870 g/mol. The van der Waals surface area contributed by atoms with Crippen molar-refractivity contribution in [3.63, 3.8) is 0 Å². The van der Waals surface area contributed by atoms with E-state index in [0.29, 0.717) is 104 Å². The Morgan fingerprint density at radius 2 is 0.620 bits per heavy atom. The number of rotatable bonds is 36. The van der Waals surface area contributed by atoms with Crippen LogP contribution in [0.4, 0.5) is 28.4 Å². The maximum Gasteiger partial charge on any atom is 0.335 e. The first kappa shape index (κ1) is 105. The van der Waals surface area contributed by atoms with Gasteiger partial charge < -0.3 is 78.5 Å². The number of hydrogen-bond acceptors (Lipinski definition) is 25. The first-order valence-corrected chi connectivity index (χ1v) is 50.6. The van der Waals surface area contributed by atoms with Gasteiger partial charge in [-0.3, -0.25) is 0 Å². The fourth-order valence-corrected chi connectivity index (χ4v) is 17.6. The molecular formula is C96H104N10O26S5. The Hall–Kier alpha value is -14.2. The summed E-state index contributed by atoms with van der Waals surface area (Å²) in [7, 11) is -21.1. The van der Waals surface area contributed by atoms with Gasteiger partial charge in [0.25, 0.3) is 0 Å². The number of carbonyl (C=O) groups is 5. The summed E-state index contributed by atoms with van der Waals surface area (Å²) in [6, 6.07) is 67.6.